The van der Waals surface area contributed by atoms with Gasteiger partial charge in [0.15, 0.2) is 0 Å². The molecule has 0 aliphatic rings. The summed E-state index contributed by atoms with van der Waals surface area (Å²) >= 11 is 0. The van der Waals surface area contributed by atoms with Crippen molar-refractivity contribution in [2.75, 3.05) is 13.2 Å². The van der Waals surface area contributed by atoms with Gasteiger partial charge in [-0.2, -0.15) is 0 Å². The van der Waals surface area contributed by atoms with Crippen LogP contribution in [-0.2, 0) is 0 Å². The van der Waals surface area contributed by atoms with E-state index in [1.165, 1.54) is 0 Å². The molecule has 0 aliphatic heterocycles. The highest BCUT2D eigenvalue weighted by molar-refractivity contribution is 4.82. The molecule has 6 N–H and O–H groups in total. The summed E-state index contributed by atoms with van der Waals surface area (Å²) in [5.74, 6) is 0.382. The van der Waals surface area contributed by atoms with Gasteiger partial charge in [-0.15, -0.1) is 0 Å². The van der Waals surface area contributed by atoms with E-state index in [1.54, 1.807) is 0 Å². The molecule has 6 heteroatoms. The maximum atomic E-state index is 9.60. The van der Waals surface area contributed by atoms with Crippen LogP contribution in [0.1, 0.15) is 20.8 Å². The van der Waals surface area contributed by atoms with E-state index in [1.807, 2.05) is 20.8 Å². The molecule has 0 spiro atoms. The van der Waals surface area contributed by atoms with Crippen LogP contribution in [0.4, 0.5) is 0 Å². The fourth-order valence-electron chi connectivity index (χ4n) is 1.23. The Hall–Kier alpha value is -0.240. The van der Waals surface area contributed by atoms with Gasteiger partial charge in [0.05, 0.1) is 12.7 Å². The smallest absolute Gasteiger partial charge is 0.111 e. The van der Waals surface area contributed by atoms with Gasteiger partial charge in [0.25, 0.3) is 0 Å². The Bertz CT molecular complexity index is 202. The van der Waals surface area contributed by atoms with Gasteiger partial charge in [0.2, 0.25) is 0 Å². The number of aliphatic hydroxyl groups excluding tert-OH is 5. The maximum absolute atomic E-state index is 9.60. The monoisotopic (exact) mass is 251 g/mol. The fraction of sp³-hybridized carbons (Fsp3) is 1.00. The second-order valence-corrected chi connectivity index (χ2v) is 4.74. The fourth-order valence-corrected chi connectivity index (χ4v) is 1.23. The van der Waals surface area contributed by atoms with Crippen LogP contribution in [0.25, 0.3) is 0 Å². The molecule has 0 saturated carbocycles. The van der Waals surface area contributed by atoms with E-state index in [2.05, 4.69) is 5.32 Å². The minimum Gasteiger partial charge on any atom is -0.394 e. The minimum atomic E-state index is -1.56. The average molecular weight is 251 g/mol. The first-order valence-electron chi connectivity index (χ1n) is 5.87. The lowest BCUT2D eigenvalue weighted by atomic mass is 10.0. The van der Waals surface area contributed by atoms with E-state index < -0.39 is 31.0 Å². The molecule has 0 amide bonds. The van der Waals surface area contributed by atoms with E-state index >= 15 is 0 Å². The van der Waals surface area contributed by atoms with Crippen molar-refractivity contribution >= 4 is 0 Å². The quantitative estimate of drug-likeness (QED) is 0.299. The van der Waals surface area contributed by atoms with Crippen molar-refractivity contribution in [2.24, 2.45) is 5.92 Å². The zero-order valence-electron chi connectivity index (χ0n) is 10.6. The molecule has 0 saturated heterocycles. The third-order valence-electron chi connectivity index (χ3n) is 2.97. The molecule has 1 unspecified atom stereocenters. The molecule has 0 bridgehead atoms. The van der Waals surface area contributed by atoms with Gasteiger partial charge in [-0.25, -0.2) is 0 Å². The Kier molecular flexibility index (Phi) is 7.85. The normalized spacial score (nSPS) is 21.0. The Morgan fingerprint density at radius 3 is 1.76 bits per heavy atom. The van der Waals surface area contributed by atoms with E-state index in [9.17, 15) is 15.3 Å². The van der Waals surface area contributed by atoms with Crippen LogP contribution in [0.3, 0.4) is 0 Å². The van der Waals surface area contributed by atoms with E-state index in [4.69, 9.17) is 10.2 Å². The van der Waals surface area contributed by atoms with Crippen LogP contribution in [-0.4, -0.2) is 69.1 Å². The van der Waals surface area contributed by atoms with Crippen molar-refractivity contribution in [1.29, 1.82) is 0 Å². The van der Waals surface area contributed by atoms with E-state index in [-0.39, 0.29) is 12.6 Å². The number of rotatable bonds is 8. The van der Waals surface area contributed by atoms with Gasteiger partial charge in [-0.3, -0.25) is 0 Å². The first-order valence-corrected chi connectivity index (χ1v) is 5.87. The molecule has 104 valence electrons. The third kappa shape index (κ3) is 5.76. The van der Waals surface area contributed by atoms with Crippen LogP contribution in [0.2, 0.25) is 0 Å². The van der Waals surface area contributed by atoms with Gasteiger partial charge >= 0.3 is 0 Å². The van der Waals surface area contributed by atoms with Gasteiger partial charge < -0.3 is 30.8 Å². The number of aliphatic hydroxyl groups is 5. The topological polar surface area (TPSA) is 113 Å². The first-order chi connectivity index (χ1) is 7.81. The van der Waals surface area contributed by atoms with Crippen molar-refractivity contribution < 1.29 is 25.5 Å². The molecule has 17 heavy (non-hydrogen) atoms. The molecule has 0 aromatic rings. The molecule has 0 radical (unpaired) electrons. The summed E-state index contributed by atoms with van der Waals surface area (Å²) in [6.07, 6.45) is -5.72. The lowest BCUT2D eigenvalue weighted by molar-refractivity contribution is -0.114. The number of hydrogen-bond donors (Lipinski definition) is 6. The predicted molar refractivity (Wildman–Crippen MR) is 63.4 cm³/mol. The molecule has 6 nitrogen and oxygen atoms in total. The molecule has 0 fully saturated rings. The van der Waals surface area contributed by atoms with E-state index in [0.29, 0.717) is 5.92 Å². The van der Waals surface area contributed by atoms with Crippen LogP contribution < -0.4 is 5.32 Å². The van der Waals surface area contributed by atoms with Gasteiger partial charge in [0, 0.05) is 12.6 Å². The second-order valence-electron chi connectivity index (χ2n) is 4.74. The van der Waals surface area contributed by atoms with Crippen LogP contribution in [0, 0.1) is 5.92 Å². The Morgan fingerprint density at radius 2 is 1.35 bits per heavy atom. The van der Waals surface area contributed by atoms with Crippen LogP contribution in [0.15, 0.2) is 0 Å². The summed E-state index contributed by atoms with van der Waals surface area (Å²) in [4.78, 5) is 0. The lowest BCUT2D eigenvalue weighted by Gasteiger charge is -2.27. The molecule has 0 rings (SSSR count). The maximum Gasteiger partial charge on any atom is 0.111 e. The van der Waals surface area contributed by atoms with Gasteiger partial charge in [-0.05, 0) is 12.8 Å². The highest BCUT2D eigenvalue weighted by Gasteiger charge is 2.29. The SMILES string of the molecule is CC(C)C(C)NC[C@H](O)[C@@H](O)[C@H](O)[C@H](O)CO. The number of hydrogen-bond acceptors (Lipinski definition) is 6. The number of nitrogens with one attached hydrogen (secondary N) is 1. The molecular weight excluding hydrogens is 226 g/mol. The summed E-state index contributed by atoms with van der Waals surface area (Å²) in [7, 11) is 0. The van der Waals surface area contributed by atoms with Gasteiger partial charge in [-0.1, -0.05) is 13.8 Å². The Labute approximate surface area is 102 Å². The van der Waals surface area contributed by atoms with Crippen molar-refractivity contribution in [2.45, 2.75) is 51.2 Å². The van der Waals surface area contributed by atoms with Crippen molar-refractivity contribution in [3.8, 4) is 0 Å². The molecular formula is C11H25NO5. The highest BCUT2D eigenvalue weighted by Crippen LogP contribution is 2.06. The largest absolute Gasteiger partial charge is 0.394 e. The first kappa shape index (κ1) is 16.8. The zero-order valence-corrected chi connectivity index (χ0v) is 10.6. The van der Waals surface area contributed by atoms with Crippen molar-refractivity contribution in [1.82, 2.24) is 5.32 Å². The summed E-state index contributed by atoms with van der Waals surface area (Å²) in [5.41, 5.74) is 0. The molecule has 5 atom stereocenters. The van der Waals surface area contributed by atoms with Crippen molar-refractivity contribution in [3.05, 3.63) is 0 Å². The summed E-state index contributed by atoms with van der Waals surface area (Å²) in [6, 6.07) is 0.164. The molecule has 0 heterocycles. The average Bonchev–Trinajstić information content (AvgIpc) is 2.32. The lowest BCUT2D eigenvalue weighted by Crippen LogP contribution is -2.50. The third-order valence-corrected chi connectivity index (χ3v) is 2.97. The standard InChI is InChI=1S/C11H25NO5/c1-6(2)7(3)12-4-8(14)10(16)11(17)9(15)5-13/h6-17H,4-5H2,1-3H3/t7?,8-,9+,10+,11+/m0/s1. The van der Waals surface area contributed by atoms with Crippen LogP contribution in [0.5, 0.6) is 0 Å². The Morgan fingerprint density at radius 1 is 0.882 bits per heavy atom. The second kappa shape index (κ2) is 7.97. The van der Waals surface area contributed by atoms with E-state index in [0.717, 1.165) is 0 Å². The Balaban J connectivity index is 4.09. The summed E-state index contributed by atoms with van der Waals surface area (Å²) in [5, 5.41) is 49.2. The predicted octanol–water partition coefficient (Wildman–Crippen LogP) is -1.94. The molecule has 0 aromatic heterocycles. The highest BCUT2D eigenvalue weighted by atomic mass is 16.4. The van der Waals surface area contributed by atoms with Crippen molar-refractivity contribution in [3.63, 3.8) is 0 Å². The summed E-state index contributed by atoms with van der Waals surface area (Å²) < 4.78 is 0. The van der Waals surface area contributed by atoms with Crippen LogP contribution >= 0.6 is 0 Å². The molecule has 0 aliphatic carbocycles. The molecule has 0 aromatic carbocycles. The van der Waals surface area contributed by atoms with Gasteiger partial charge in [0.1, 0.15) is 18.3 Å². The zero-order chi connectivity index (χ0) is 13.6. The minimum absolute atomic E-state index is 0.107. The summed E-state index contributed by atoms with van der Waals surface area (Å²) in [6.45, 7) is 5.43.